The van der Waals surface area contributed by atoms with Gasteiger partial charge in [-0.2, -0.15) is 0 Å². The molecule has 4 nitrogen and oxygen atoms in total. The molecule has 0 bridgehead atoms. The highest BCUT2D eigenvalue weighted by Gasteiger charge is 2.15. The topological polar surface area (TPSA) is 66.6 Å². The van der Waals surface area contributed by atoms with Crippen LogP contribution in [0.2, 0.25) is 0 Å². The average molecular weight is 240 g/mol. The van der Waals surface area contributed by atoms with Crippen LogP contribution in [-0.2, 0) is 0 Å². The van der Waals surface area contributed by atoms with E-state index in [-0.39, 0.29) is 24.7 Å². The van der Waals surface area contributed by atoms with E-state index in [0.29, 0.717) is 12.1 Å². The third-order valence-corrected chi connectivity index (χ3v) is 2.39. The van der Waals surface area contributed by atoms with Crippen molar-refractivity contribution < 1.29 is 14.3 Å². The van der Waals surface area contributed by atoms with Gasteiger partial charge in [0, 0.05) is 18.7 Å². The van der Waals surface area contributed by atoms with Crippen LogP contribution in [0.4, 0.5) is 10.1 Å². The van der Waals surface area contributed by atoms with E-state index in [0.717, 1.165) is 6.42 Å². The van der Waals surface area contributed by atoms with Crippen molar-refractivity contribution in [3.63, 3.8) is 0 Å². The number of rotatable bonds is 5. The number of nitrogen functional groups attached to an aromatic ring is 1. The van der Waals surface area contributed by atoms with Crippen LogP contribution < -0.4 is 5.73 Å². The minimum Gasteiger partial charge on any atom is -0.396 e. The standard InChI is InChI=1S/C12H17FN2O2/c1-2-5-15(6-7-16)12(17)9-3-4-10(13)11(14)8-9/h3-4,8,16H,2,5-7,14H2,1H3. The summed E-state index contributed by atoms with van der Waals surface area (Å²) in [5.41, 5.74) is 5.70. The molecule has 17 heavy (non-hydrogen) atoms. The number of hydrogen-bond donors (Lipinski definition) is 2. The molecule has 0 saturated heterocycles. The second kappa shape index (κ2) is 6.20. The zero-order chi connectivity index (χ0) is 12.8. The van der Waals surface area contributed by atoms with Crippen LogP contribution in [0, 0.1) is 5.82 Å². The molecule has 1 aromatic rings. The molecule has 0 aliphatic carbocycles. The summed E-state index contributed by atoms with van der Waals surface area (Å²) in [6.07, 6.45) is 0.794. The molecule has 0 fully saturated rings. The number of aliphatic hydroxyl groups excluding tert-OH is 1. The maximum atomic E-state index is 13.0. The van der Waals surface area contributed by atoms with Gasteiger partial charge in [0.15, 0.2) is 0 Å². The highest BCUT2D eigenvalue weighted by Crippen LogP contribution is 2.14. The first-order valence-electron chi connectivity index (χ1n) is 5.55. The van der Waals surface area contributed by atoms with Crippen molar-refractivity contribution in [1.29, 1.82) is 0 Å². The van der Waals surface area contributed by atoms with Gasteiger partial charge in [-0.15, -0.1) is 0 Å². The fraction of sp³-hybridized carbons (Fsp3) is 0.417. The van der Waals surface area contributed by atoms with Crippen molar-refractivity contribution in [3.05, 3.63) is 29.6 Å². The predicted octanol–water partition coefficient (Wildman–Crippen LogP) is 1.25. The minimum atomic E-state index is -0.536. The highest BCUT2D eigenvalue weighted by atomic mass is 19.1. The van der Waals surface area contributed by atoms with Crippen LogP contribution in [0.3, 0.4) is 0 Å². The minimum absolute atomic E-state index is 0.0451. The van der Waals surface area contributed by atoms with E-state index in [1.165, 1.54) is 23.1 Å². The van der Waals surface area contributed by atoms with Crippen molar-refractivity contribution in [2.45, 2.75) is 13.3 Å². The van der Waals surface area contributed by atoms with E-state index in [1.807, 2.05) is 6.92 Å². The largest absolute Gasteiger partial charge is 0.396 e. The molecule has 0 aliphatic rings. The van der Waals surface area contributed by atoms with Crippen molar-refractivity contribution in [2.75, 3.05) is 25.4 Å². The second-order valence-corrected chi connectivity index (χ2v) is 3.75. The lowest BCUT2D eigenvalue weighted by molar-refractivity contribution is 0.0722. The summed E-state index contributed by atoms with van der Waals surface area (Å²) in [6.45, 7) is 2.67. The second-order valence-electron chi connectivity index (χ2n) is 3.75. The van der Waals surface area contributed by atoms with Gasteiger partial charge in [0.05, 0.1) is 12.3 Å². The summed E-state index contributed by atoms with van der Waals surface area (Å²) in [6, 6.07) is 3.89. The number of halogens is 1. The summed E-state index contributed by atoms with van der Waals surface area (Å²) < 4.78 is 13.0. The van der Waals surface area contributed by atoms with Crippen LogP contribution in [0.25, 0.3) is 0 Å². The Kier molecular flexibility index (Phi) is 4.90. The molecule has 3 N–H and O–H groups in total. The number of aliphatic hydroxyl groups is 1. The molecule has 1 rings (SSSR count). The van der Waals surface area contributed by atoms with E-state index >= 15 is 0 Å². The monoisotopic (exact) mass is 240 g/mol. The lowest BCUT2D eigenvalue weighted by atomic mass is 10.1. The Labute approximate surface area is 99.8 Å². The van der Waals surface area contributed by atoms with Gasteiger partial charge in [-0.1, -0.05) is 6.92 Å². The summed E-state index contributed by atoms with van der Waals surface area (Å²) in [5.74, 6) is -0.779. The van der Waals surface area contributed by atoms with Crippen molar-refractivity contribution >= 4 is 11.6 Å². The van der Waals surface area contributed by atoms with Gasteiger partial charge >= 0.3 is 0 Å². The van der Waals surface area contributed by atoms with Gasteiger partial charge in [-0.3, -0.25) is 4.79 Å². The fourth-order valence-corrected chi connectivity index (χ4v) is 1.56. The first-order valence-corrected chi connectivity index (χ1v) is 5.55. The number of anilines is 1. The molecular weight excluding hydrogens is 223 g/mol. The number of nitrogens with zero attached hydrogens (tertiary/aromatic N) is 1. The Balaban J connectivity index is 2.88. The average Bonchev–Trinajstić information content (AvgIpc) is 2.31. The van der Waals surface area contributed by atoms with Gasteiger partial charge in [-0.05, 0) is 24.6 Å². The molecule has 0 atom stereocenters. The fourth-order valence-electron chi connectivity index (χ4n) is 1.56. The third kappa shape index (κ3) is 3.42. The van der Waals surface area contributed by atoms with Crippen LogP contribution in [0.5, 0.6) is 0 Å². The molecule has 0 unspecified atom stereocenters. The lowest BCUT2D eigenvalue weighted by Gasteiger charge is -2.21. The molecule has 0 radical (unpaired) electrons. The number of hydrogen-bond acceptors (Lipinski definition) is 3. The van der Waals surface area contributed by atoms with E-state index < -0.39 is 5.82 Å². The Morgan fingerprint density at radius 2 is 2.18 bits per heavy atom. The molecule has 5 heteroatoms. The van der Waals surface area contributed by atoms with Gasteiger partial charge in [0.25, 0.3) is 5.91 Å². The quantitative estimate of drug-likeness (QED) is 0.761. The summed E-state index contributed by atoms with van der Waals surface area (Å²) in [4.78, 5) is 13.5. The maximum absolute atomic E-state index is 13.0. The number of carbonyl (C=O) groups is 1. The van der Waals surface area contributed by atoms with E-state index in [4.69, 9.17) is 10.8 Å². The third-order valence-electron chi connectivity index (χ3n) is 2.39. The molecule has 0 aliphatic heterocycles. The smallest absolute Gasteiger partial charge is 0.254 e. The molecule has 0 aromatic heterocycles. The Bertz CT molecular complexity index is 390. The Morgan fingerprint density at radius 3 is 2.71 bits per heavy atom. The molecule has 1 aromatic carbocycles. The lowest BCUT2D eigenvalue weighted by Crippen LogP contribution is -2.34. The van der Waals surface area contributed by atoms with E-state index in [9.17, 15) is 9.18 Å². The van der Waals surface area contributed by atoms with E-state index in [1.54, 1.807) is 0 Å². The zero-order valence-electron chi connectivity index (χ0n) is 9.82. The maximum Gasteiger partial charge on any atom is 0.254 e. The number of nitrogens with two attached hydrogens (primary N) is 1. The summed E-state index contributed by atoms with van der Waals surface area (Å²) >= 11 is 0. The molecule has 0 heterocycles. The highest BCUT2D eigenvalue weighted by molar-refractivity contribution is 5.95. The molecular formula is C12H17FN2O2. The Morgan fingerprint density at radius 1 is 1.47 bits per heavy atom. The number of carbonyl (C=O) groups excluding carboxylic acids is 1. The van der Waals surface area contributed by atoms with E-state index in [2.05, 4.69) is 0 Å². The number of benzene rings is 1. The summed E-state index contributed by atoms with van der Waals surface area (Å²) in [7, 11) is 0. The van der Waals surface area contributed by atoms with Crippen molar-refractivity contribution in [1.82, 2.24) is 4.90 Å². The van der Waals surface area contributed by atoms with Gasteiger partial charge in [0.1, 0.15) is 5.82 Å². The van der Waals surface area contributed by atoms with Crippen LogP contribution >= 0.6 is 0 Å². The first-order chi connectivity index (χ1) is 8.10. The van der Waals surface area contributed by atoms with Crippen LogP contribution in [-0.4, -0.2) is 35.6 Å². The first kappa shape index (κ1) is 13.4. The zero-order valence-corrected chi connectivity index (χ0v) is 9.82. The number of amides is 1. The molecule has 1 amide bonds. The van der Waals surface area contributed by atoms with Crippen molar-refractivity contribution in [2.24, 2.45) is 0 Å². The van der Waals surface area contributed by atoms with Gasteiger partial charge in [-0.25, -0.2) is 4.39 Å². The SMILES string of the molecule is CCCN(CCO)C(=O)c1ccc(F)c(N)c1. The van der Waals surface area contributed by atoms with Crippen LogP contribution in [0.15, 0.2) is 18.2 Å². The van der Waals surface area contributed by atoms with Gasteiger partial charge in [0.2, 0.25) is 0 Å². The predicted molar refractivity (Wildman–Crippen MR) is 64.1 cm³/mol. The molecule has 0 saturated carbocycles. The van der Waals surface area contributed by atoms with Crippen molar-refractivity contribution in [3.8, 4) is 0 Å². The van der Waals surface area contributed by atoms with Crippen LogP contribution in [0.1, 0.15) is 23.7 Å². The molecule has 94 valence electrons. The normalized spacial score (nSPS) is 10.3. The summed E-state index contributed by atoms with van der Waals surface area (Å²) in [5, 5.41) is 8.88. The van der Waals surface area contributed by atoms with Gasteiger partial charge < -0.3 is 15.7 Å². The molecule has 0 spiro atoms. The Hall–Kier alpha value is -1.62.